The van der Waals surface area contributed by atoms with Crippen LogP contribution in [0.25, 0.3) is 0 Å². The molecule has 1 aliphatic heterocycles. The second kappa shape index (κ2) is 14.7. The second-order valence-electron chi connectivity index (χ2n) is 7.94. The Labute approximate surface area is 209 Å². The zero-order valence-corrected chi connectivity index (χ0v) is 21.3. The molecule has 1 unspecified atom stereocenters. The van der Waals surface area contributed by atoms with Crippen LogP contribution in [0.2, 0.25) is 0 Å². The summed E-state index contributed by atoms with van der Waals surface area (Å²) >= 11 is 0. The fourth-order valence-electron chi connectivity index (χ4n) is 3.75. The Bertz CT molecular complexity index is 816. The number of para-hydroxylation sites is 1. The van der Waals surface area contributed by atoms with Crippen molar-refractivity contribution in [3.05, 3.63) is 66.2 Å². The zero-order valence-electron chi connectivity index (χ0n) is 18.9. The molecule has 1 aliphatic rings. The molecule has 2 aromatic rings. The summed E-state index contributed by atoms with van der Waals surface area (Å²) in [4.78, 5) is 19.1. The largest absolute Gasteiger partial charge is 0.385 e. The van der Waals surface area contributed by atoms with Crippen molar-refractivity contribution in [1.29, 1.82) is 0 Å². The van der Waals surface area contributed by atoms with E-state index in [0.717, 1.165) is 57.2 Å². The van der Waals surface area contributed by atoms with Crippen molar-refractivity contribution in [3.63, 3.8) is 0 Å². The molecule has 0 bridgehead atoms. The number of anilines is 1. The smallest absolute Gasteiger partial charge is 0.223 e. The molecule has 7 heteroatoms. The Hall–Kier alpha value is -2.29. The van der Waals surface area contributed by atoms with E-state index in [4.69, 9.17) is 4.99 Å². The van der Waals surface area contributed by atoms with E-state index in [1.54, 1.807) is 0 Å². The fourth-order valence-corrected chi connectivity index (χ4v) is 3.75. The van der Waals surface area contributed by atoms with Crippen LogP contribution in [0.1, 0.15) is 25.3 Å². The van der Waals surface area contributed by atoms with Gasteiger partial charge in [-0.05, 0) is 37.5 Å². The standard InChI is InChI=1S/C25H35N5O.HI/c1-2-26-25(28-16-9-15-27-23-12-7-4-8-13-23)29-19-22-18-24(31)30(20-22)17-14-21-10-5-3-6-11-21;/h3-8,10-13,22,27H,2,9,14-20H2,1H3,(H2,26,28,29);1H. The van der Waals surface area contributed by atoms with Crippen LogP contribution in [0.5, 0.6) is 0 Å². The van der Waals surface area contributed by atoms with Crippen LogP contribution in [0.3, 0.4) is 0 Å². The van der Waals surface area contributed by atoms with E-state index >= 15 is 0 Å². The molecular formula is C25H36IN5O. The monoisotopic (exact) mass is 549 g/mol. The highest BCUT2D eigenvalue weighted by molar-refractivity contribution is 14.0. The topological polar surface area (TPSA) is 68.8 Å². The summed E-state index contributed by atoms with van der Waals surface area (Å²) in [5, 5.41) is 10.1. The summed E-state index contributed by atoms with van der Waals surface area (Å²) in [5.74, 6) is 1.37. The molecule has 1 fully saturated rings. The molecule has 0 saturated carbocycles. The Morgan fingerprint density at radius 2 is 1.75 bits per heavy atom. The molecule has 6 nitrogen and oxygen atoms in total. The number of carbonyl (C=O) groups is 1. The minimum Gasteiger partial charge on any atom is -0.385 e. The molecule has 0 aromatic heterocycles. The van der Waals surface area contributed by atoms with Gasteiger partial charge in [0.05, 0.1) is 0 Å². The fraction of sp³-hybridized carbons (Fsp3) is 0.440. The van der Waals surface area contributed by atoms with Crippen LogP contribution in [0, 0.1) is 5.92 Å². The van der Waals surface area contributed by atoms with E-state index in [1.165, 1.54) is 5.56 Å². The van der Waals surface area contributed by atoms with Crippen molar-refractivity contribution in [3.8, 4) is 0 Å². The van der Waals surface area contributed by atoms with Crippen molar-refractivity contribution in [2.75, 3.05) is 44.6 Å². The van der Waals surface area contributed by atoms with Gasteiger partial charge in [0, 0.05) is 57.3 Å². The van der Waals surface area contributed by atoms with Gasteiger partial charge in [0.2, 0.25) is 5.91 Å². The number of benzene rings is 2. The van der Waals surface area contributed by atoms with Crippen LogP contribution < -0.4 is 16.0 Å². The predicted molar refractivity (Wildman–Crippen MR) is 144 cm³/mol. The number of amides is 1. The number of nitrogens with one attached hydrogen (secondary N) is 3. The average molecular weight is 550 g/mol. The summed E-state index contributed by atoms with van der Waals surface area (Å²) in [7, 11) is 0. The highest BCUT2D eigenvalue weighted by Crippen LogP contribution is 2.18. The first-order valence-electron chi connectivity index (χ1n) is 11.4. The van der Waals surface area contributed by atoms with Crippen molar-refractivity contribution in [2.45, 2.75) is 26.2 Å². The lowest BCUT2D eigenvalue weighted by Crippen LogP contribution is -2.38. The SMILES string of the molecule is CCNC(=NCC1CC(=O)N(CCc2ccccc2)C1)NCCCNc1ccccc1.I. The molecule has 1 saturated heterocycles. The van der Waals surface area contributed by atoms with Gasteiger partial charge in [-0.15, -0.1) is 24.0 Å². The van der Waals surface area contributed by atoms with Crippen LogP contribution in [0.15, 0.2) is 65.7 Å². The molecule has 2 aromatic carbocycles. The maximum Gasteiger partial charge on any atom is 0.223 e. The molecule has 3 N–H and O–H groups in total. The number of halogens is 1. The number of aliphatic imine (C=N–C) groups is 1. The first-order chi connectivity index (χ1) is 15.2. The van der Waals surface area contributed by atoms with E-state index in [-0.39, 0.29) is 29.9 Å². The van der Waals surface area contributed by atoms with E-state index < -0.39 is 0 Å². The summed E-state index contributed by atoms with van der Waals surface area (Å²) in [6.07, 6.45) is 2.50. The molecule has 1 atom stereocenters. The minimum atomic E-state index is 0. The lowest BCUT2D eigenvalue weighted by molar-refractivity contribution is -0.127. The molecule has 0 aliphatic carbocycles. The quantitative estimate of drug-likeness (QED) is 0.173. The summed E-state index contributed by atoms with van der Waals surface area (Å²) in [5.41, 5.74) is 2.42. The summed E-state index contributed by atoms with van der Waals surface area (Å²) in [6, 6.07) is 20.6. The molecule has 1 amide bonds. The first kappa shape index (κ1) is 26.0. The summed E-state index contributed by atoms with van der Waals surface area (Å²) < 4.78 is 0. The molecule has 3 rings (SSSR count). The van der Waals surface area contributed by atoms with Crippen molar-refractivity contribution < 1.29 is 4.79 Å². The molecule has 0 radical (unpaired) electrons. The van der Waals surface area contributed by atoms with Crippen LogP contribution in [0.4, 0.5) is 5.69 Å². The number of guanidine groups is 1. The first-order valence-corrected chi connectivity index (χ1v) is 11.4. The highest BCUT2D eigenvalue weighted by atomic mass is 127. The Balaban J connectivity index is 0.00000363. The van der Waals surface area contributed by atoms with Gasteiger partial charge in [0.15, 0.2) is 5.96 Å². The Morgan fingerprint density at radius 1 is 1.03 bits per heavy atom. The van der Waals surface area contributed by atoms with Crippen molar-refractivity contribution >= 4 is 41.5 Å². The van der Waals surface area contributed by atoms with Crippen LogP contribution in [-0.2, 0) is 11.2 Å². The third-order valence-corrected chi connectivity index (χ3v) is 5.41. The number of rotatable bonds is 11. The van der Waals surface area contributed by atoms with Gasteiger partial charge >= 0.3 is 0 Å². The Morgan fingerprint density at radius 3 is 2.47 bits per heavy atom. The number of nitrogens with zero attached hydrogens (tertiary/aromatic N) is 2. The maximum absolute atomic E-state index is 12.4. The lowest BCUT2D eigenvalue weighted by atomic mass is 10.1. The van der Waals surface area contributed by atoms with Crippen molar-refractivity contribution in [1.82, 2.24) is 15.5 Å². The van der Waals surface area contributed by atoms with Crippen LogP contribution >= 0.6 is 24.0 Å². The van der Waals surface area contributed by atoms with Gasteiger partial charge in [-0.1, -0.05) is 48.5 Å². The number of carbonyl (C=O) groups excluding carboxylic acids is 1. The average Bonchev–Trinajstić information content (AvgIpc) is 3.16. The lowest BCUT2D eigenvalue weighted by Gasteiger charge is -2.16. The van der Waals surface area contributed by atoms with Gasteiger partial charge in [-0.3, -0.25) is 9.79 Å². The molecule has 1 heterocycles. The van der Waals surface area contributed by atoms with Gasteiger partial charge in [0.25, 0.3) is 0 Å². The third-order valence-electron chi connectivity index (χ3n) is 5.41. The molecular weight excluding hydrogens is 513 g/mol. The Kier molecular flexibility index (Phi) is 11.9. The number of hydrogen-bond donors (Lipinski definition) is 3. The molecule has 0 spiro atoms. The van der Waals surface area contributed by atoms with Gasteiger partial charge < -0.3 is 20.9 Å². The van der Waals surface area contributed by atoms with E-state index in [9.17, 15) is 4.79 Å². The normalized spacial score (nSPS) is 15.9. The maximum atomic E-state index is 12.4. The summed E-state index contributed by atoms with van der Waals surface area (Å²) in [6.45, 7) is 6.90. The zero-order chi connectivity index (χ0) is 21.7. The van der Waals surface area contributed by atoms with E-state index in [1.807, 2.05) is 41.3 Å². The van der Waals surface area contributed by atoms with Gasteiger partial charge in [0.1, 0.15) is 0 Å². The van der Waals surface area contributed by atoms with E-state index in [2.05, 4.69) is 47.1 Å². The minimum absolute atomic E-state index is 0. The highest BCUT2D eigenvalue weighted by Gasteiger charge is 2.28. The molecule has 174 valence electrons. The predicted octanol–water partition coefficient (Wildman–Crippen LogP) is 3.75. The number of likely N-dealkylation sites (tertiary alicyclic amines) is 1. The number of hydrogen-bond acceptors (Lipinski definition) is 3. The van der Waals surface area contributed by atoms with Gasteiger partial charge in [-0.25, -0.2) is 0 Å². The van der Waals surface area contributed by atoms with E-state index in [0.29, 0.717) is 18.9 Å². The van der Waals surface area contributed by atoms with Gasteiger partial charge in [-0.2, -0.15) is 0 Å². The van der Waals surface area contributed by atoms with Crippen LogP contribution in [-0.4, -0.2) is 56.0 Å². The third kappa shape index (κ3) is 9.06. The second-order valence-corrected chi connectivity index (χ2v) is 7.94. The van der Waals surface area contributed by atoms with Crippen molar-refractivity contribution in [2.24, 2.45) is 10.9 Å². The molecule has 32 heavy (non-hydrogen) atoms.